The van der Waals surface area contributed by atoms with Crippen molar-refractivity contribution in [1.82, 2.24) is 5.43 Å². The monoisotopic (exact) mass is 588 g/mol. The van der Waals surface area contributed by atoms with Crippen molar-refractivity contribution in [2.45, 2.75) is 13.5 Å². The summed E-state index contributed by atoms with van der Waals surface area (Å²) in [5.74, 6) is -0.703. The van der Waals surface area contributed by atoms with Crippen molar-refractivity contribution in [3.05, 3.63) is 96.4 Å². The number of nitrogens with zero attached hydrogens (tertiary/aromatic N) is 3. The summed E-state index contributed by atoms with van der Waals surface area (Å²) in [6.07, 6.45) is 1.37. The maximum absolute atomic E-state index is 14.0. The number of benzene rings is 3. The van der Waals surface area contributed by atoms with Gasteiger partial charge in [-0.2, -0.15) is 10.4 Å². The van der Waals surface area contributed by atoms with Gasteiger partial charge in [-0.1, -0.05) is 12.1 Å². The van der Waals surface area contributed by atoms with E-state index in [9.17, 15) is 19.3 Å². The largest absolute Gasteiger partial charge is 0.490 e. The first-order chi connectivity index (χ1) is 16.8. The van der Waals surface area contributed by atoms with Gasteiger partial charge in [0, 0.05) is 12.1 Å². The van der Waals surface area contributed by atoms with Crippen LogP contribution in [-0.4, -0.2) is 23.7 Å². The van der Waals surface area contributed by atoms with Crippen LogP contribution in [-0.2, 0) is 6.61 Å². The Bertz CT molecular complexity index is 1340. The van der Waals surface area contributed by atoms with Gasteiger partial charge in [-0.25, -0.2) is 9.82 Å². The fourth-order valence-electron chi connectivity index (χ4n) is 2.98. The third-order valence-corrected chi connectivity index (χ3v) is 5.36. The number of nitro groups is 1. The highest BCUT2D eigenvalue weighted by atomic mass is 127. The van der Waals surface area contributed by atoms with Crippen molar-refractivity contribution in [3.63, 3.8) is 0 Å². The number of nitriles is 1. The predicted molar refractivity (Wildman–Crippen MR) is 134 cm³/mol. The maximum atomic E-state index is 14.0. The number of hydrogen-bond donors (Lipinski definition) is 1. The van der Waals surface area contributed by atoms with E-state index < -0.39 is 16.6 Å². The number of non-ortho nitro benzene ring substituents is 1. The van der Waals surface area contributed by atoms with Crippen molar-refractivity contribution in [2.24, 2.45) is 5.10 Å². The zero-order valence-corrected chi connectivity index (χ0v) is 20.5. The molecule has 1 N–H and O–H groups in total. The molecule has 0 saturated carbocycles. The number of rotatable bonds is 9. The van der Waals surface area contributed by atoms with E-state index >= 15 is 0 Å². The molecular weight excluding hydrogens is 570 g/mol. The van der Waals surface area contributed by atoms with Crippen LogP contribution >= 0.6 is 22.6 Å². The molecule has 0 spiro atoms. The van der Waals surface area contributed by atoms with Crippen LogP contribution in [0.3, 0.4) is 0 Å². The van der Waals surface area contributed by atoms with Gasteiger partial charge >= 0.3 is 0 Å². The van der Waals surface area contributed by atoms with Crippen molar-refractivity contribution in [2.75, 3.05) is 6.61 Å². The molecule has 0 aromatic heterocycles. The van der Waals surface area contributed by atoms with Gasteiger partial charge in [0.2, 0.25) is 0 Å². The summed E-state index contributed by atoms with van der Waals surface area (Å²) >= 11 is 2.06. The molecule has 9 nitrogen and oxygen atoms in total. The molecule has 1 amide bonds. The Labute approximate surface area is 213 Å². The zero-order valence-electron chi connectivity index (χ0n) is 18.3. The average molecular weight is 588 g/mol. The van der Waals surface area contributed by atoms with Gasteiger partial charge in [0.25, 0.3) is 11.6 Å². The molecular formula is C24H18FIN4O5. The maximum Gasteiger partial charge on any atom is 0.274 e. The summed E-state index contributed by atoms with van der Waals surface area (Å²) in [6, 6.07) is 14.9. The second-order valence-electron chi connectivity index (χ2n) is 6.98. The minimum absolute atomic E-state index is 0.0275. The standard InChI is InChI=1S/C24H18FIN4O5/c1-2-34-22-11-17(13-28-29-24(31)19-7-6-15(12-27)9-20(19)25)10-21(26)23(22)35-14-16-4-3-5-18(8-16)30(32)33/h3-11,13H,2,14H2,1H3,(H,29,31)/b28-13-. The second-order valence-corrected chi connectivity index (χ2v) is 8.15. The Morgan fingerprint density at radius 3 is 2.74 bits per heavy atom. The molecule has 3 rings (SSSR count). The summed E-state index contributed by atoms with van der Waals surface area (Å²) < 4.78 is 26.3. The minimum atomic E-state index is -0.824. The second kappa shape index (κ2) is 11.9. The summed E-state index contributed by atoms with van der Waals surface area (Å²) in [6.45, 7) is 2.26. The molecule has 11 heteroatoms. The fourth-order valence-corrected chi connectivity index (χ4v) is 3.76. The van der Waals surface area contributed by atoms with Gasteiger partial charge in [-0.3, -0.25) is 14.9 Å². The highest BCUT2D eigenvalue weighted by Gasteiger charge is 2.14. The van der Waals surface area contributed by atoms with Crippen LogP contribution in [0.25, 0.3) is 0 Å². The van der Waals surface area contributed by atoms with Gasteiger partial charge in [0.05, 0.1) is 38.5 Å². The predicted octanol–water partition coefficient (Wildman–Crippen LogP) is 4.95. The van der Waals surface area contributed by atoms with Crippen LogP contribution in [0.4, 0.5) is 10.1 Å². The Kier molecular flexibility index (Phi) is 8.69. The third kappa shape index (κ3) is 6.73. The first-order valence-electron chi connectivity index (χ1n) is 10.2. The van der Waals surface area contributed by atoms with Crippen LogP contribution in [0, 0.1) is 30.8 Å². The molecule has 0 radical (unpaired) electrons. The Morgan fingerprint density at radius 1 is 1.26 bits per heavy atom. The summed E-state index contributed by atoms with van der Waals surface area (Å²) in [5.41, 5.74) is 3.30. The van der Waals surface area contributed by atoms with Crippen molar-refractivity contribution >= 4 is 40.4 Å². The van der Waals surface area contributed by atoms with Gasteiger partial charge in [0.15, 0.2) is 11.5 Å². The van der Waals surface area contributed by atoms with E-state index in [1.807, 2.05) is 6.92 Å². The Morgan fingerprint density at radius 2 is 2.06 bits per heavy atom. The molecule has 3 aromatic carbocycles. The molecule has 0 atom stereocenters. The van der Waals surface area contributed by atoms with E-state index in [1.165, 1.54) is 30.5 Å². The van der Waals surface area contributed by atoms with Gasteiger partial charge in [-0.05, 0) is 71.0 Å². The lowest BCUT2D eigenvalue weighted by Crippen LogP contribution is -2.19. The lowest BCUT2D eigenvalue weighted by molar-refractivity contribution is -0.384. The number of carbonyl (C=O) groups is 1. The summed E-state index contributed by atoms with van der Waals surface area (Å²) in [4.78, 5) is 22.7. The van der Waals surface area contributed by atoms with Crippen LogP contribution in [0.15, 0.2) is 59.7 Å². The first-order valence-corrected chi connectivity index (χ1v) is 11.3. The summed E-state index contributed by atoms with van der Waals surface area (Å²) in [5, 5.41) is 23.7. The number of halogens is 2. The highest BCUT2D eigenvalue weighted by Crippen LogP contribution is 2.34. The number of hydrogen-bond acceptors (Lipinski definition) is 7. The molecule has 0 unspecified atom stereocenters. The molecule has 3 aromatic rings. The van der Waals surface area contributed by atoms with Gasteiger partial charge < -0.3 is 9.47 Å². The highest BCUT2D eigenvalue weighted by molar-refractivity contribution is 14.1. The molecule has 0 bridgehead atoms. The number of ether oxygens (including phenoxy) is 2. The van der Waals surface area contributed by atoms with Gasteiger partial charge in [0.1, 0.15) is 12.4 Å². The van der Waals surface area contributed by atoms with E-state index in [0.717, 1.165) is 6.07 Å². The van der Waals surface area contributed by atoms with Gasteiger partial charge in [-0.15, -0.1) is 0 Å². The molecule has 0 aliphatic heterocycles. The third-order valence-electron chi connectivity index (χ3n) is 4.56. The van der Waals surface area contributed by atoms with E-state index in [4.69, 9.17) is 14.7 Å². The molecule has 35 heavy (non-hydrogen) atoms. The number of nitrogens with one attached hydrogen (secondary N) is 1. The van der Waals surface area contributed by atoms with Crippen LogP contribution in [0.2, 0.25) is 0 Å². The number of amides is 1. The fraction of sp³-hybridized carbons (Fsp3) is 0.125. The van der Waals surface area contributed by atoms with Crippen molar-refractivity contribution in [3.8, 4) is 17.6 Å². The quantitative estimate of drug-likeness (QED) is 0.163. The van der Waals surface area contributed by atoms with E-state index in [0.29, 0.717) is 32.8 Å². The number of carbonyl (C=O) groups excluding carboxylic acids is 1. The molecule has 0 aliphatic carbocycles. The molecule has 0 fully saturated rings. The number of nitro benzene ring substituents is 1. The normalized spacial score (nSPS) is 10.6. The molecule has 0 aliphatic rings. The summed E-state index contributed by atoms with van der Waals surface area (Å²) in [7, 11) is 0. The lowest BCUT2D eigenvalue weighted by atomic mass is 10.1. The first kappa shape index (κ1) is 25.6. The number of hydrazone groups is 1. The lowest BCUT2D eigenvalue weighted by Gasteiger charge is -2.14. The van der Waals surface area contributed by atoms with Crippen molar-refractivity contribution < 1.29 is 23.6 Å². The van der Waals surface area contributed by atoms with E-state index in [2.05, 4.69) is 33.1 Å². The molecule has 0 saturated heterocycles. The average Bonchev–Trinajstić information content (AvgIpc) is 2.83. The smallest absolute Gasteiger partial charge is 0.274 e. The van der Waals surface area contributed by atoms with E-state index in [1.54, 1.807) is 30.3 Å². The Balaban J connectivity index is 1.74. The Hall–Kier alpha value is -4.05. The SMILES string of the molecule is CCOc1cc(/C=N\NC(=O)c2ccc(C#N)cc2F)cc(I)c1OCc1cccc([N+](=O)[O-])c1. The molecule has 0 heterocycles. The van der Waals surface area contributed by atoms with Crippen LogP contribution in [0.5, 0.6) is 11.5 Å². The zero-order chi connectivity index (χ0) is 25.4. The van der Waals surface area contributed by atoms with Crippen LogP contribution in [0.1, 0.15) is 34.0 Å². The van der Waals surface area contributed by atoms with Crippen molar-refractivity contribution in [1.29, 1.82) is 5.26 Å². The minimum Gasteiger partial charge on any atom is -0.490 e. The van der Waals surface area contributed by atoms with Crippen LogP contribution < -0.4 is 14.9 Å². The topological polar surface area (TPSA) is 127 Å². The van der Waals surface area contributed by atoms with E-state index in [-0.39, 0.29) is 23.4 Å². The molecule has 178 valence electrons.